The van der Waals surface area contributed by atoms with Gasteiger partial charge in [-0.3, -0.25) is 4.79 Å². The molecule has 0 fully saturated rings. The molecular formula is C18H16FN3O. The molecule has 1 amide bonds. The Morgan fingerprint density at radius 2 is 1.83 bits per heavy atom. The van der Waals surface area contributed by atoms with Crippen molar-refractivity contribution in [3.63, 3.8) is 0 Å². The second-order valence-corrected chi connectivity index (χ2v) is 5.30. The normalized spacial score (nSPS) is 10.5. The molecule has 3 rings (SSSR count). The van der Waals surface area contributed by atoms with Crippen LogP contribution in [0.3, 0.4) is 0 Å². The first-order chi connectivity index (χ1) is 11.1. The number of nitrogens with zero attached hydrogens (tertiary/aromatic N) is 3. The SMILES string of the molecule is CN(Cc1ccc(F)cc1)C(=O)c1cnn(-c2ccccc2)c1. The minimum absolute atomic E-state index is 0.128. The second kappa shape index (κ2) is 6.44. The van der Waals surface area contributed by atoms with E-state index in [0.717, 1.165) is 11.3 Å². The van der Waals surface area contributed by atoms with Gasteiger partial charge in [-0.15, -0.1) is 0 Å². The van der Waals surface area contributed by atoms with Crippen molar-refractivity contribution in [3.8, 4) is 5.69 Å². The van der Waals surface area contributed by atoms with Gasteiger partial charge in [-0.2, -0.15) is 5.10 Å². The van der Waals surface area contributed by atoms with Gasteiger partial charge in [-0.25, -0.2) is 9.07 Å². The van der Waals surface area contributed by atoms with Crippen LogP contribution in [-0.4, -0.2) is 27.6 Å². The highest BCUT2D eigenvalue weighted by atomic mass is 19.1. The molecule has 1 heterocycles. The van der Waals surface area contributed by atoms with Crippen LogP contribution in [-0.2, 0) is 6.54 Å². The molecule has 0 N–H and O–H groups in total. The topological polar surface area (TPSA) is 38.1 Å². The van der Waals surface area contributed by atoms with E-state index in [-0.39, 0.29) is 11.7 Å². The van der Waals surface area contributed by atoms with Gasteiger partial charge >= 0.3 is 0 Å². The molecule has 116 valence electrons. The fourth-order valence-corrected chi connectivity index (χ4v) is 2.31. The molecule has 5 heteroatoms. The summed E-state index contributed by atoms with van der Waals surface area (Å²) in [6.45, 7) is 0.412. The molecule has 0 aliphatic carbocycles. The van der Waals surface area contributed by atoms with Crippen molar-refractivity contribution in [1.29, 1.82) is 0 Å². The minimum atomic E-state index is -0.285. The molecule has 0 unspecified atom stereocenters. The lowest BCUT2D eigenvalue weighted by Crippen LogP contribution is -2.25. The van der Waals surface area contributed by atoms with Gasteiger partial charge in [-0.1, -0.05) is 30.3 Å². The third kappa shape index (κ3) is 3.45. The van der Waals surface area contributed by atoms with Crippen molar-refractivity contribution in [3.05, 3.63) is 83.9 Å². The Kier molecular flexibility index (Phi) is 4.19. The Bertz CT molecular complexity index is 797. The summed E-state index contributed by atoms with van der Waals surface area (Å²) in [5, 5.41) is 4.23. The van der Waals surface area contributed by atoms with E-state index in [4.69, 9.17) is 0 Å². The highest BCUT2D eigenvalue weighted by Crippen LogP contribution is 2.11. The molecule has 0 spiro atoms. The first kappa shape index (κ1) is 15.0. The maximum Gasteiger partial charge on any atom is 0.257 e. The van der Waals surface area contributed by atoms with Gasteiger partial charge in [0.1, 0.15) is 5.82 Å². The summed E-state index contributed by atoms with van der Waals surface area (Å²) in [5.74, 6) is -0.414. The molecule has 0 atom stereocenters. The number of hydrogen-bond acceptors (Lipinski definition) is 2. The Morgan fingerprint density at radius 3 is 2.52 bits per heavy atom. The summed E-state index contributed by atoms with van der Waals surface area (Å²) < 4.78 is 14.6. The van der Waals surface area contributed by atoms with Crippen molar-refractivity contribution in [1.82, 2.24) is 14.7 Å². The maximum absolute atomic E-state index is 12.9. The molecule has 3 aromatic rings. The molecule has 0 radical (unpaired) electrons. The van der Waals surface area contributed by atoms with Crippen LogP contribution in [0.2, 0.25) is 0 Å². The Morgan fingerprint density at radius 1 is 1.13 bits per heavy atom. The number of halogens is 1. The third-order valence-corrected chi connectivity index (χ3v) is 3.53. The van der Waals surface area contributed by atoms with Crippen molar-refractivity contribution in [2.24, 2.45) is 0 Å². The number of carbonyl (C=O) groups is 1. The van der Waals surface area contributed by atoms with Crippen LogP contribution in [0.25, 0.3) is 5.69 Å². The number of rotatable bonds is 4. The van der Waals surface area contributed by atoms with Crippen molar-refractivity contribution < 1.29 is 9.18 Å². The van der Waals surface area contributed by atoms with Crippen LogP contribution in [0.5, 0.6) is 0 Å². The van der Waals surface area contributed by atoms with Gasteiger partial charge in [0, 0.05) is 19.8 Å². The highest BCUT2D eigenvalue weighted by Gasteiger charge is 2.14. The van der Waals surface area contributed by atoms with E-state index in [1.807, 2.05) is 30.3 Å². The van der Waals surface area contributed by atoms with Crippen LogP contribution >= 0.6 is 0 Å². The molecule has 1 aromatic heterocycles. The molecule has 23 heavy (non-hydrogen) atoms. The van der Waals surface area contributed by atoms with Crippen molar-refractivity contribution in [2.75, 3.05) is 7.05 Å². The summed E-state index contributed by atoms with van der Waals surface area (Å²) in [6.07, 6.45) is 3.26. The quantitative estimate of drug-likeness (QED) is 0.742. The Hall–Kier alpha value is -2.95. The number of carbonyl (C=O) groups excluding carboxylic acids is 1. The number of benzene rings is 2. The van der Waals surface area contributed by atoms with E-state index in [0.29, 0.717) is 12.1 Å². The fraction of sp³-hybridized carbons (Fsp3) is 0.111. The van der Waals surface area contributed by atoms with E-state index in [9.17, 15) is 9.18 Å². The van der Waals surface area contributed by atoms with E-state index in [1.54, 1.807) is 41.2 Å². The summed E-state index contributed by atoms with van der Waals surface area (Å²) in [7, 11) is 1.71. The van der Waals surface area contributed by atoms with Crippen LogP contribution in [0, 0.1) is 5.82 Å². The van der Waals surface area contributed by atoms with Gasteiger partial charge in [0.05, 0.1) is 17.4 Å². The summed E-state index contributed by atoms with van der Waals surface area (Å²) in [6, 6.07) is 15.7. The third-order valence-electron chi connectivity index (χ3n) is 3.53. The van der Waals surface area contributed by atoms with Crippen LogP contribution < -0.4 is 0 Å². The van der Waals surface area contributed by atoms with E-state index in [2.05, 4.69) is 5.10 Å². The number of amides is 1. The predicted molar refractivity (Wildman–Crippen MR) is 85.8 cm³/mol. The summed E-state index contributed by atoms with van der Waals surface area (Å²) >= 11 is 0. The van der Waals surface area contributed by atoms with Gasteiger partial charge in [0.2, 0.25) is 0 Å². The lowest BCUT2D eigenvalue weighted by Gasteiger charge is -2.16. The van der Waals surface area contributed by atoms with Gasteiger partial charge < -0.3 is 4.90 Å². The van der Waals surface area contributed by atoms with Crippen LogP contribution in [0.4, 0.5) is 4.39 Å². The van der Waals surface area contributed by atoms with E-state index >= 15 is 0 Å². The lowest BCUT2D eigenvalue weighted by atomic mass is 10.2. The molecule has 0 bridgehead atoms. The summed E-state index contributed by atoms with van der Waals surface area (Å²) in [4.78, 5) is 14.0. The van der Waals surface area contributed by atoms with E-state index < -0.39 is 0 Å². The Balaban J connectivity index is 1.72. The standard InChI is InChI=1S/C18H16FN3O/c1-21(12-14-7-9-16(19)10-8-14)18(23)15-11-20-22(13-15)17-5-3-2-4-6-17/h2-11,13H,12H2,1H3. The van der Waals surface area contributed by atoms with Crippen molar-refractivity contribution >= 4 is 5.91 Å². The zero-order valence-electron chi connectivity index (χ0n) is 12.7. The minimum Gasteiger partial charge on any atom is -0.337 e. The van der Waals surface area contributed by atoms with Gasteiger partial charge in [0.15, 0.2) is 0 Å². The molecule has 4 nitrogen and oxygen atoms in total. The predicted octanol–water partition coefficient (Wildman–Crippen LogP) is 3.28. The first-order valence-electron chi connectivity index (χ1n) is 7.23. The largest absolute Gasteiger partial charge is 0.337 e. The average Bonchev–Trinajstić information content (AvgIpc) is 3.07. The fourth-order valence-electron chi connectivity index (χ4n) is 2.31. The zero-order chi connectivity index (χ0) is 16.2. The lowest BCUT2D eigenvalue weighted by molar-refractivity contribution is 0.0785. The zero-order valence-corrected chi connectivity index (χ0v) is 12.7. The molecular weight excluding hydrogens is 293 g/mol. The Labute approximate surface area is 133 Å². The van der Waals surface area contributed by atoms with E-state index in [1.165, 1.54) is 12.1 Å². The van der Waals surface area contributed by atoms with Crippen molar-refractivity contribution in [2.45, 2.75) is 6.54 Å². The molecule has 0 aliphatic rings. The number of para-hydroxylation sites is 1. The van der Waals surface area contributed by atoms with Crippen LogP contribution in [0.15, 0.2) is 67.0 Å². The molecule has 0 saturated carbocycles. The van der Waals surface area contributed by atoms with Gasteiger partial charge in [-0.05, 0) is 29.8 Å². The van der Waals surface area contributed by atoms with Crippen LogP contribution in [0.1, 0.15) is 15.9 Å². The average molecular weight is 309 g/mol. The summed E-state index contributed by atoms with van der Waals surface area (Å²) in [5.41, 5.74) is 2.28. The smallest absolute Gasteiger partial charge is 0.257 e. The second-order valence-electron chi connectivity index (χ2n) is 5.30. The first-order valence-corrected chi connectivity index (χ1v) is 7.23. The maximum atomic E-state index is 12.9. The highest BCUT2D eigenvalue weighted by molar-refractivity contribution is 5.93. The number of aromatic nitrogens is 2. The monoisotopic (exact) mass is 309 g/mol. The molecule has 0 aliphatic heterocycles. The molecule has 2 aromatic carbocycles. The van der Waals surface area contributed by atoms with Gasteiger partial charge in [0.25, 0.3) is 5.91 Å². The number of hydrogen-bond donors (Lipinski definition) is 0. The molecule has 0 saturated heterocycles.